The van der Waals surface area contributed by atoms with Gasteiger partial charge in [0.05, 0.1) is 11.0 Å². The average molecular weight is 220 g/mol. The molecule has 1 heterocycles. The number of nitrogens with zero attached hydrogens (tertiary/aromatic N) is 1. The third-order valence-corrected chi connectivity index (χ3v) is 3.66. The normalized spacial score (nSPS) is 11.4. The lowest BCUT2D eigenvalue weighted by molar-refractivity contribution is 0.600. The third kappa shape index (κ3) is 1.60. The van der Waals surface area contributed by atoms with Crippen LogP contribution in [0.3, 0.4) is 0 Å². The minimum atomic E-state index is -3.49. The molecule has 0 atom stereocenters. The van der Waals surface area contributed by atoms with Crippen molar-refractivity contribution in [2.45, 2.75) is 4.90 Å². The molecule has 15 heavy (non-hydrogen) atoms. The number of aromatic amines is 1. The van der Waals surface area contributed by atoms with Gasteiger partial charge in [0.1, 0.15) is 5.75 Å². The lowest BCUT2D eigenvalue weighted by Crippen LogP contribution is -2.03. The van der Waals surface area contributed by atoms with E-state index in [9.17, 15) is 8.42 Å². The highest BCUT2D eigenvalue weighted by Gasteiger charge is 2.18. The van der Waals surface area contributed by atoms with Crippen molar-refractivity contribution < 1.29 is 8.42 Å². The standard InChI is InChI=1S/C10H8N2O2S/c11-5-6-15(13,14)10-7-12-9-4-2-1-3-8(9)10/h1-4,7,12H,6H2. The van der Waals surface area contributed by atoms with Gasteiger partial charge >= 0.3 is 0 Å². The molecule has 2 rings (SSSR count). The first kappa shape index (κ1) is 9.74. The molecule has 0 bridgehead atoms. The number of rotatable bonds is 2. The molecule has 1 aromatic carbocycles. The van der Waals surface area contributed by atoms with E-state index in [1.807, 2.05) is 6.07 Å². The molecule has 0 amide bonds. The van der Waals surface area contributed by atoms with Gasteiger partial charge in [-0.25, -0.2) is 8.42 Å². The number of H-pyrrole nitrogens is 1. The molecule has 1 N–H and O–H groups in total. The minimum Gasteiger partial charge on any atom is -0.360 e. The van der Waals surface area contributed by atoms with Crippen LogP contribution >= 0.6 is 0 Å². The van der Waals surface area contributed by atoms with Gasteiger partial charge in [-0.15, -0.1) is 0 Å². The van der Waals surface area contributed by atoms with Gasteiger partial charge in [0.2, 0.25) is 0 Å². The summed E-state index contributed by atoms with van der Waals surface area (Å²) in [4.78, 5) is 3.06. The van der Waals surface area contributed by atoms with Crippen molar-refractivity contribution in [1.82, 2.24) is 4.98 Å². The molecule has 4 nitrogen and oxygen atoms in total. The van der Waals surface area contributed by atoms with Crippen molar-refractivity contribution in [3.63, 3.8) is 0 Å². The number of nitrogens with one attached hydrogen (secondary N) is 1. The van der Waals surface area contributed by atoms with Crippen molar-refractivity contribution >= 4 is 20.7 Å². The monoisotopic (exact) mass is 220 g/mol. The van der Waals surface area contributed by atoms with Crippen LogP contribution in [0.2, 0.25) is 0 Å². The molecule has 0 aliphatic heterocycles. The van der Waals surface area contributed by atoms with Gasteiger partial charge in [-0.2, -0.15) is 5.26 Å². The molecule has 76 valence electrons. The van der Waals surface area contributed by atoms with Gasteiger partial charge in [0, 0.05) is 17.1 Å². The molecule has 0 unspecified atom stereocenters. The zero-order chi connectivity index (χ0) is 10.9. The van der Waals surface area contributed by atoms with Crippen LogP contribution in [-0.4, -0.2) is 19.2 Å². The molecule has 0 fully saturated rings. The van der Waals surface area contributed by atoms with Crippen molar-refractivity contribution in [2.24, 2.45) is 0 Å². The molecule has 0 saturated heterocycles. The fraction of sp³-hybridized carbons (Fsp3) is 0.100. The molecule has 0 saturated carbocycles. The predicted octanol–water partition coefficient (Wildman–Crippen LogP) is 1.47. The molecule has 1 aromatic heterocycles. The molecule has 5 heteroatoms. The van der Waals surface area contributed by atoms with E-state index in [0.717, 1.165) is 5.52 Å². The van der Waals surface area contributed by atoms with Crippen molar-refractivity contribution in [1.29, 1.82) is 5.26 Å². The molecule has 0 spiro atoms. The predicted molar refractivity (Wildman–Crippen MR) is 56.0 cm³/mol. The molecule has 0 radical (unpaired) electrons. The fourth-order valence-electron chi connectivity index (χ4n) is 1.46. The number of fused-ring (bicyclic) bond motifs is 1. The number of hydrogen-bond acceptors (Lipinski definition) is 3. The molecular formula is C10H8N2O2S. The SMILES string of the molecule is N#CCS(=O)(=O)c1c[nH]c2ccccc12. The third-order valence-electron chi connectivity index (χ3n) is 2.14. The summed E-state index contributed by atoms with van der Waals surface area (Å²) in [5, 5.41) is 9.07. The van der Waals surface area contributed by atoms with Crippen LogP contribution in [0.25, 0.3) is 10.9 Å². The lowest BCUT2D eigenvalue weighted by atomic mass is 10.2. The van der Waals surface area contributed by atoms with Crippen LogP contribution in [0.1, 0.15) is 0 Å². The number of para-hydroxylation sites is 1. The van der Waals surface area contributed by atoms with Gasteiger partial charge in [-0.3, -0.25) is 0 Å². The highest BCUT2D eigenvalue weighted by Crippen LogP contribution is 2.22. The van der Waals surface area contributed by atoms with Crippen LogP contribution in [0.15, 0.2) is 35.4 Å². The summed E-state index contributed by atoms with van der Waals surface area (Å²) in [5.41, 5.74) is 0.758. The Morgan fingerprint density at radius 3 is 2.80 bits per heavy atom. The second-order valence-electron chi connectivity index (χ2n) is 3.12. The summed E-state index contributed by atoms with van der Waals surface area (Å²) in [5.74, 6) is -0.491. The van der Waals surface area contributed by atoms with Gasteiger partial charge in [0.25, 0.3) is 0 Å². The topological polar surface area (TPSA) is 73.7 Å². The Morgan fingerprint density at radius 2 is 2.07 bits per heavy atom. The number of benzene rings is 1. The second kappa shape index (κ2) is 3.41. The maximum Gasteiger partial charge on any atom is 0.193 e. The van der Waals surface area contributed by atoms with Gasteiger partial charge in [-0.1, -0.05) is 18.2 Å². The summed E-state index contributed by atoms with van der Waals surface area (Å²) in [7, 11) is -3.49. The summed E-state index contributed by atoms with van der Waals surface area (Å²) in [6, 6.07) is 8.75. The van der Waals surface area contributed by atoms with E-state index in [4.69, 9.17) is 5.26 Å². The Kier molecular flexibility index (Phi) is 2.21. The smallest absolute Gasteiger partial charge is 0.193 e. The first-order chi connectivity index (χ1) is 7.15. The zero-order valence-electron chi connectivity index (χ0n) is 7.77. The molecule has 2 aromatic rings. The quantitative estimate of drug-likeness (QED) is 0.832. The van der Waals surface area contributed by atoms with Crippen molar-refractivity contribution in [3.05, 3.63) is 30.5 Å². The zero-order valence-corrected chi connectivity index (χ0v) is 8.58. The Labute approximate surface area is 87.1 Å². The molecular weight excluding hydrogens is 212 g/mol. The largest absolute Gasteiger partial charge is 0.360 e. The van der Waals surface area contributed by atoms with E-state index < -0.39 is 15.6 Å². The van der Waals surface area contributed by atoms with Crippen molar-refractivity contribution in [2.75, 3.05) is 5.75 Å². The Bertz CT molecular complexity index is 635. The van der Waals surface area contributed by atoms with Crippen LogP contribution in [0.4, 0.5) is 0 Å². The fourth-order valence-corrected chi connectivity index (χ4v) is 2.54. The first-order valence-electron chi connectivity index (χ1n) is 4.31. The van der Waals surface area contributed by atoms with E-state index in [0.29, 0.717) is 5.39 Å². The molecule has 0 aliphatic carbocycles. The Hall–Kier alpha value is -1.80. The van der Waals surface area contributed by atoms with Crippen LogP contribution in [-0.2, 0) is 9.84 Å². The van der Waals surface area contributed by atoms with E-state index in [-0.39, 0.29) is 4.90 Å². The lowest BCUT2D eigenvalue weighted by Gasteiger charge is -1.96. The van der Waals surface area contributed by atoms with Gasteiger partial charge in [0.15, 0.2) is 9.84 Å². The maximum atomic E-state index is 11.7. The average Bonchev–Trinajstić information content (AvgIpc) is 2.61. The van der Waals surface area contributed by atoms with E-state index in [2.05, 4.69) is 4.98 Å². The minimum absolute atomic E-state index is 0.194. The van der Waals surface area contributed by atoms with Gasteiger partial charge in [-0.05, 0) is 6.07 Å². The van der Waals surface area contributed by atoms with Crippen LogP contribution < -0.4 is 0 Å². The summed E-state index contributed by atoms with van der Waals surface area (Å²) in [6.07, 6.45) is 1.43. The maximum absolute atomic E-state index is 11.7. The number of aromatic nitrogens is 1. The van der Waals surface area contributed by atoms with Crippen LogP contribution in [0, 0.1) is 11.3 Å². The molecule has 0 aliphatic rings. The number of sulfone groups is 1. The van der Waals surface area contributed by atoms with Crippen molar-refractivity contribution in [3.8, 4) is 6.07 Å². The first-order valence-corrected chi connectivity index (χ1v) is 5.96. The Balaban J connectivity index is 2.69. The van der Waals surface area contributed by atoms with Crippen LogP contribution in [0.5, 0.6) is 0 Å². The van der Waals surface area contributed by atoms with E-state index >= 15 is 0 Å². The highest BCUT2D eigenvalue weighted by atomic mass is 32.2. The summed E-state index contributed by atoms with van der Waals surface area (Å²) in [6.45, 7) is 0. The van der Waals surface area contributed by atoms with Gasteiger partial charge < -0.3 is 4.98 Å². The second-order valence-corrected chi connectivity index (χ2v) is 5.07. The number of nitriles is 1. The number of hydrogen-bond donors (Lipinski definition) is 1. The summed E-state index contributed by atoms with van der Waals surface area (Å²) < 4.78 is 23.3. The van der Waals surface area contributed by atoms with E-state index in [1.165, 1.54) is 6.20 Å². The van der Waals surface area contributed by atoms with E-state index in [1.54, 1.807) is 24.3 Å². The summed E-state index contributed by atoms with van der Waals surface area (Å²) >= 11 is 0. The Morgan fingerprint density at radius 1 is 1.33 bits per heavy atom. The highest BCUT2D eigenvalue weighted by molar-refractivity contribution is 7.91.